The fourth-order valence-electron chi connectivity index (χ4n) is 0.144. The summed E-state index contributed by atoms with van der Waals surface area (Å²) in [6, 6.07) is 0. The summed E-state index contributed by atoms with van der Waals surface area (Å²) >= 11 is 0. The first kappa shape index (κ1) is 16.4. The molecule has 0 unspecified atom stereocenters. The van der Waals surface area contributed by atoms with Gasteiger partial charge in [-0.3, -0.25) is 11.4 Å². The third-order valence-corrected chi connectivity index (χ3v) is 0.377. The predicted molar refractivity (Wildman–Crippen MR) is 25.2 cm³/mol. The first-order valence-corrected chi connectivity index (χ1v) is 1.80. The van der Waals surface area contributed by atoms with Crippen molar-refractivity contribution in [2.45, 2.75) is 0 Å². The Morgan fingerprint density at radius 1 is 1.67 bits per heavy atom. The van der Waals surface area contributed by atoms with Crippen LogP contribution in [0.4, 0.5) is 0 Å². The summed E-state index contributed by atoms with van der Waals surface area (Å²) in [7, 11) is 0. The van der Waals surface area contributed by atoms with Gasteiger partial charge in [-0.15, -0.1) is 0 Å². The molecule has 0 radical (unpaired) electrons. The summed E-state index contributed by atoms with van der Waals surface area (Å²) in [4.78, 5) is 9.98. The number of carbonyl (C=O) groups is 1. The van der Waals surface area contributed by atoms with Gasteiger partial charge in [-0.05, 0) is 6.61 Å². The maximum absolute atomic E-state index is 9.98. The zero-order chi connectivity index (χ0) is 5.70. The summed E-state index contributed by atoms with van der Waals surface area (Å²) in [6.07, 6.45) is 2.01. The molecule has 0 aromatic heterocycles. The van der Waals surface area contributed by atoms with Gasteiger partial charge in [0, 0.05) is 0 Å². The molecule has 0 bridgehead atoms. The van der Waals surface area contributed by atoms with E-state index in [1.807, 2.05) is 6.08 Å². The fourth-order valence-corrected chi connectivity index (χ4v) is 0.144. The van der Waals surface area contributed by atoms with E-state index in [4.69, 9.17) is 0 Å². The maximum atomic E-state index is 9.98. The van der Waals surface area contributed by atoms with Crippen molar-refractivity contribution >= 4 is 5.97 Å². The standard InChI is InChI=1S/C5H6O2.2Rf/c1-3-5(6)7-4-2;;/h1-2,4H2;;/q-2;;. The molecular weight excluding hydrogens is 626 g/mol. The molecule has 0 amide bonds. The summed E-state index contributed by atoms with van der Waals surface area (Å²) in [5, 5.41) is 0. The summed E-state index contributed by atoms with van der Waals surface area (Å²) in [6.45, 7) is 6.45. The van der Waals surface area contributed by atoms with E-state index in [-0.39, 0.29) is 6.61 Å². The quantitative estimate of drug-likeness (QED) is 0.250. The molecule has 0 aliphatic rings. The minimum absolute atomic E-state index is 0. The number of rotatable bonds is 2. The molecule has 0 N–H and O–H groups in total. The third-order valence-electron chi connectivity index (χ3n) is 0.377. The minimum Gasteiger partial charge on any atom is -0.522 e. The zero-order valence-corrected chi connectivity index (χ0v) is 18.2. The molecule has 0 rings (SSSR count). The van der Waals surface area contributed by atoms with Gasteiger partial charge in [0.2, 0.25) is 0 Å². The second-order valence-corrected chi connectivity index (χ2v) is 0.813. The molecule has 0 saturated carbocycles. The van der Waals surface area contributed by atoms with Crippen LogP contribution >= 0.6 is 0 Å². The van der Waals surface area contributed by atoms with E-state index in [1.165, 1.54) is 0 Å². The van der Waals surface area contributed by atoms with Crippen molar-refractivity contribution in [1.82, 2.24) is 0 Å². The Labute approximate surface area is 42.8 Å². The summed E-state index contributed by atoms with van der Waals surface area (Å²) in [5.74, 6) is -0.546. The Morgan fingerprint density at radius 2 is 2.11 bits per heavy atom. The molecule has 0 heterocycles. The van der Waals surface area contributed by atoms with Crippen molar-refractivity contribution in [3.63, 3.8) is 0 Å². The normalized spacial score (nSPS) is 5.89. The molecule has 0 spiro atoms. The van der Waals surface area contributed by atoms with Crippen LogP contribution in [-0.4, -0.2) is 12.6 Å². The molecule has 0 atom stereocenters. The van der Waals surface area contributed by atoms with E-state index in [0.29, 0.717) is 0 Å². The number of hydrogen-bond donors (Lipinski definition) is 0. The number of esters is 1. The molecular formula is C5H6O2Rf2-2. The van der Waals surface area contributed by atoms with Crippen LogP contribution in [0.5, 0.6) is 0 Å². The van der Waals surface area contributed by atoms with Crippen LogP contribution in [0, 0.1) is 13.0 Å². The molecule has 9 heavy (non-hydrogen) atoms. The van der Waals surface area contributed by atoms with Crippen molar-refractivity contribution in [3.05, 3.63) is 19.6 Å². The molecule has 0 aliphatic carbocycles. The Morgan fingerprint density at radius 3 is 2.22 bits per heavy atom. The topological polar surface area (TPSA) is 26.3 Å². The van der Waals surface area contributed by atoms with Gasteiger partial charge in [0.15, 0.2) is 0 Å². The molecule has 4 heteroatoms. The average Bonchev–Trinajstić information content (AvgIpc) is 1.68. The van der Waals surface area contributed by atoms with Crippen molar-refractivity contribution in [2.24, 2.45) is 0 Å². The van der Waals surface area contributed by atoms with Crippen LogP contribution < -0.4 is 0 Å². The minimum atomic E-state index is -0.546. The van der Waals surface area contributed by atoms with Crippen LogP contribution in [0.15, 0.2) is 6.58 Å². The van der Waals surface area contributed by atoms with Crippen molar-refractivity contribution < 1.29 is 9.53 Å². The Kier molecular flexibility index (Phi) is 16.3. The Hall–Kier alpha value is -2.79. The number of hydrogen-bond acceptors (Lipinski definition) is 2. The Balaban J connectivity index is -0.000000180. The SMILES string of the molecule is C=[C-]C(=O)OC[CH2-].[Rf].[Rf]. The second kappa shape index (κ2) is 8.96. The van der Waals surface area contributed by atoms with Gasteiger partial charge in [0.1, 0.15) is 5.97 Å². The first-order valence-electron chi connectivity index (χ1n) is 1.80. The molecule has 44 valence electrons. The van der Waals surface area contributed by atoms with Crippen LogP contribution in [0.1, 0.15) is 0 Å². The van der Waals surface area contributed by atoms with Crippen LogP contribution in [0.2, 0.25) is 0 Å². The summed E-state index contributed by atoms with van der Waals surface area (Å²) in [5.41, 5.74) is 0. The van der Waals surface area contributed by atoms with Gasteiger partial charge in [0.25, 0.3) is 0 Å². The first-order chi connectivity index (χ1) is 3.31. The largest absolute Gasteiger partial charge is 0.522 e. The Bertz CT molecular complexity index is 83.0. The van der Waals surface area contributed by atoms with E-state index >= 15 is 0 Å². The maximum Gasteiger partial charge on any atom is 0.143 e. The monoisotopic (exact) mass is 632 g/mol. The van der Waals surface area contributed by atoms with Crippen LogP contribution in [-0.2, 0) is 9.53 Å². The fraction of sp³-hybridized carbons (Fsp3) is 0.200. The number of ether oxygens (including phenoxy) is 1. The van der Waals surface area contributed by atoms with Crippen molar-refractivity contribution in [3.8, 4) is 0 Å². The predicted octanol–water partition coefficient (Wildman–Crippen LogP) is 0.353. The van der Waals surface area contributed by atoms with E-state index in [1.54, 1.807) is 0 Å². The van der Waals surface area contributed by atoms with Gasteiger partial charge in [0.05, 0.1) is 0 Å². The molecule has 0 saturated heterocycles. The smallest absolute Gasteiger partial charge is 0.143 e. The van der Waals surface area contributed by atoms with Crippen molar-refractivity contribution in [1.29, 1.82) is 0 Å². The molecule has 0 aliphatic heterocycles. The zero-order valence-electron chi connectivity index (χ0n) is 5.35. The van der Waals surface area contributed by atoms with E-state index in [0.717, 1.165) is 0 Å². The summed E-state index contributed by atoms with van der Waals surface area (Å²) < 4.78 is 4.27. The van der Waals surface area contributed by atoms with E-state index < -0.39 is 5.97 Å². The van der Waals surface area contributed by atoms with Gasteiger partial charge < -0.3 is 17.7 Å². The van der Waals surface area contributed by atoms with Gasteiger partial charge >= 0.3 is 0 Å². The van der Waals surface area contributed by atoms with E-state index in [2.05, 4.69) is 18.2 Å². The molecule has 0 aromatic rings. The third kappa shape index (κ3) is 11.0. The van der Waals surface area contributed by atoms with Crippen LogP contribution in [0.25, 0.3) is 0 Å². The molecule has 0 fully saturated rings. The van der Waals surface area contributed by atoms with Crippen LogP contribution in [0.3, 0.4) is 0 Å². The van der Waals surface area contributed by atoms with Gasteiger partial charge in [-0.2, -0.15) is 0 Å². The van der Waals surface area contributed by atoms with Gasteiger partial charge in [-0.1, -0.05) is 0 Å². The second-order valence-electron chi connectivity index (χ2n) is 0.813. The van der Waals surface area contributed by atoms with E-state index in [9.17, 15) is 4.79 Å². The molecule has 0 aromatic carbocycles. The van der Waals surface area contributed by atoms with Crippen molar-refractivity contribution in [2.75, 3.05) is 6.61 Å². The van der Waals surface area contributed by atoms with Gasteiger partial charge in [-0.25, -0.2) is 0 Å². The molecule has 2 nitrogen and oxygen atoms in total. The number of carbonyl (C=O) groups excluding carboxylic acids is 1. The average molecular weight is 632 g/mol.